The first-order valence-electron chi connectivity index (χ1n) is 7.06. The summed E-state index contributed by atoms with van der Waals surface area (Å²) in [7, 11) is 0. The summed E-state index contributed by atoms with van der Waals surface area (Å²) in [5.74, 6) is -1.27. The fraction of sp³-hybridized carbons (Fsp3) is 0.176. The molecule has 0 spiro atoms. The van der Waals surface area contributed by atoms with Gasteiger partial charge in [-0.05, 0) is 36.8 Å². The molecule has 1 atom stereocenters. The van der Waals surface area contributed by atoms with Crippen molar-refractivity contribution >= 4 is 40.9 Å². The molecule has 0 aliphatic carbocycles. The average Bonchev–Trinajstić information content (AvgIpc) is 2.55. The number of carboxylic acids is 1. The van der Waals surface area contributed by atoms with Crippen LogP contribution in [-0.4, -0.2) is 22.2 Å². The van der Waals surface area contributed by atoms with Crippen LogP contribution in [0, 0.1) is 0 Å². The first-order chi connectivity index (χ1) is 11.0. The summed E-state index contributed by atoms with van der Waals surface area (Å²) in [6.07, 6.45) is 0.641. The Morgan fingerprint density at radius 2 is 1.91 bits per heavy atom. The first kappa shape index (κ1) is 17.4. The van der Waals surface area contributed by atoms with Crippen molar-refractivity contribution in [1.29, 1.82) is 0 Å². The maximum absolute atomic E-state index is 12.4. The summed E-state index contributed by atoms with van der Waals surface area (Å²) in [6.45, 7) is 1.93. The zero-order valence-electron chi connectivity index (χ0n) is 12.5. The van der Waals surface area contributed by atoms with Crippen LogP contribution in [0.5, 0.6) is 0 Å². The van der Waals surface area contributed by atoms with E-state index in [1.165, 1.54) is 30.0 Å². The van der Waals surface area contributed by atoms with Gasteiger partial charge in [0, 0.05) is 4.90 Å². The van der Waals surface area contributed by atoms with Crippen molar-refractivity contribution < 1.29 is 14.7 Å². The smallest absolute Gasteiger partial charge is 0.335 e. The van der Waals surface area contributed by atoms with Gasteiger partial charge in [-0.15, -0.1) is 11.8 Å². The van der Waals surface area contributed by atoms with Crippen LogP contribution >= 0.6 is 23.4 Å². The highest BCUT2D eigenvalue weighted by molar-refractivity contribution is 8.00. The van der Waals surface area contributed by atoms with Gasteiger partial charge < -0.3 is 10.4 Å². The number of thioether (sulfide) groups is 1. The predicted octanol–water partition coefficient (Wildman–Crippen LogP) is 4.55. The van der Waals surface area contributed by atoms with Gasteiger partial charge in [0.05, 0.1) is 21.5 Å². The van der Waals surface area contributed by atoms with Crippen molar-refractivity contribution in [1.82, 2.24) is 0 Å². The number of halogens is 1. The van der Waals surface area contributed by atoms with E-state index >= 15 is 0 Å². The van der Waals surface area contributed by atoms with Crippen LogP contribution in [0.4, 0.5) is 5.69 Å². The lowest BCUT2D eigenvalue weighted by molar-refractivity contribution is -0.115. The largest absolute Gasteiger partial charge is 0.478 e. The second-order valence-corrected chi connectivity index (χ2v) is 6.50. The highest BCUT2D eigenvalue weighted by Crippen LogP contribution is 2.28. The Balaban J connectivity index is 2.13. The van der Waals surface area contributed by atoms with E-state index < -0.39 is 5.97 Å². The van der Waals surface area contributed by atoms with Crippen LogP contribution in [0.15, 0.2) is 53.4 Å². The third-order valence-electron chi connectivity index (χ3n) is 3.16. The molecule has 0 aromatic heterocycles. The molecular formula is C17H16ClNO3S. The normalized spacial score (nSPS) is 11.7. The minimum absolute atomic E-state index is 0.0773. The number of hydrogen-bond donors (Lipinski definition) is 2. The van der Waals surface area contributed by atoms with E-state index in [0.717, 1.165) is 4.90 Å². The Kier molecular flexibility index (Phi) is 6.07. The SMILES string of the molecule is CCC(Sc1ccccc1)C(=O)Nc1cc(C(=O)O)ccc1Cl. The van der Waals surface area contributed by atoms with Crippen molar-refractivity contribution in [3.8, 4) is 0 Å². The summed E-state index contributed by atoms with van der Waals surface area (Å²) in [5.41, 5.74) is 0.386. The minimum atomic E-state index is -1.07. The number of hydrogen-bond acceptors (Lipinski definition) is 3. The molecular weight excluding hydrogens is 334 g/mol. The lowest BCUT2D eigenvalue weighted by Crippen LogP contribution is -2.24. The van der Waals surface area contributed by atoms with E-state index in [1.54, 1.807) is 0 Å². The maximum Gasteiger partial charge on any atom is 0.335 e. The van der Waals surface area contributed by atoms with Gasteiger partial charge >= 0.3 is 5.97 Å². The fourth-order valence-electron chi connectivity index (χ4n) is 1.95. The van der Waals surface area contributed by atoms with Crippen LogP contribution < -0.4 is 5.32 Å². The van der Waals surface area contributed by atoms with Crippen molar-refractivity contribution in [2.24, 2.45) is 0 Å². The van der Waals surface area contributed by atoms with Gasteiger partial charge in [0.2, 0.25) is 5.91 Å². The van der Waals surface area contributed by atoms with E-state index in [4.69, 9.17) is 16.7 Å². The van der Waals surface area contributed by atoms with Crippen LogP contribution in [0.1, 0.15) is 23.7 Å². The number of carboxylic acid groups (broad SMARTS) is 1. The molecule has 1 amide bonds. The lowest BCUT2D eigenvalue weighted by atomic mass is 10.2. The Morgan fingerprint density at radius 3 is 2.52 bits per heavy atom. The molecule has 0 fully saturated rings. The monoisotopic (exact) mass is 349 g/mol. The minimum Gasteiger partial charge on any atom is -0.478 e. The summed E-state index contributed by atoms with van der Waals surface area (Å²) >= 11 is 7.50. The van der Waals surface area contributed by atoms with E-state index in [2.05, 4.69) is 5.32 Å². The van der Waals surface area contributed by atoms with Crippen LogP contribution in [-0.2, 0) is 4.79 Å². The second kappa shape index (κ2) is 8.04. The van der Waals surface area contributed by atoms with Crippen molar-refractivity contribution in [2.75, 3.05) is 5.32 Å². The van der Waals surface area contributed by atoms with Gasteiger partial charge in [-0.3, -0.25) is 4.79 Å². The Hall–Kier alpha value is -1.98. The number of aromatic carboxylic acids is 1. The molecule has 0 aliphatic heterocycles. The third kappa shape index (κ3) is 4.74. The molecule has 2 aromatic rings. The molecule has 0 aliphatic rings. The van der Waals surface area contributed by atoms with E-state index in [1.807, 2.05) is 37.3 Å². The van der Waals surface area contributed by atoms with Gasteiger partial charge in [0.15, 0.2) is 0 Å². The van der Waals surface area contributed by atoms with Crippen LogP contribution in [0.2, 0.25) is 5.02 Å². The van der Waals surface area contributed by atoms with E-state index in [-0.39, 0.29) is 16.7 Å². The molecule has 4 nitrogen and oxygen atoms in total. The number of carbonyl (C=O) groups excluding carboxylic acids is 1. The zero-order chi connectivity index (χ0) is 16.8. The zero-order valence-corrected chi connectivity index (χ0v) is 14.0. The second-order valence-electron chi connectivity index (χ2n) is 4.82. The van der Waals surface area contributed by atoms with Crippen molar-refractivity contribution in [2.45, 2.75) is 23.5 Å². The molecule has 6 heteroatoms. The Bertz CT molecular complexity index is 706. The number of nitrogens with one attached hydrogen (secondary N) is 1. The molecule has 23 heavy (non-hydrogen) atoms. The molecule has 0 radical (unpaired) electrons. The lowest BCUT2D eigenvalue weighted by Gasteiger charge is -2.15. The topological polar surface area (TPSA) is 66.4 Å². The van der Waals surface area contributed by atoms with E-state index in [0.29, 0.717) is 17.1 Å². The fourth-order valence-corrected chi connectivity index (χ4v) is 3.09. The summed E-state index contributed by atoms with van der Waals surface area (Å²) in [6, 6.07) is 13.9. The number of anilines is 1. The first-order valence-corrected chi connectivity index (χ1v) is 8.32. The third-order valence-corrected chi connectivity index (χ3v) is 4.86. The highest BCUT2D eigenvalue weighted by Gasteiger charge is 2.19. The molecule has 2 N–H and O–H groups in total. The van der Waals surface area contributed by atoms with Crippen LogP contribution in [0.3, 0.4) is 0 Å². The molecule has 2 rings (SSSR count). The predicted molar refractivity (Wildman–Crippen MR) is 93.4 cm³/mol. The molecule has 2 aromatic carbocycles. The Labute approximate surface area is 143 Å². The standard InChI is InChI=1S/C17H16ClNO3S/c1-2-15(23-12-6-4-3-5-7-12)16(20)19-14-10-11(17(21)22)8-9-13(14)18/h3-10,15H,2H2,1H3,(H,19,20)(H,21,22). The van der Waals surface area contributed by atoms with Crippen LogP contribution in [0.25, 0.3) is 0 Å². The number of rotatable bonds is 6. The Morgan fingerprint density at radius 1 is 1.22 bits per heavy atom. The highest BCUT2D eigenvalue weighted by atomic mass is 35.5. The number of carbonyl (C=O) groups is 2. The number of amides is 1. The summed E-state index contributed by atoms with van der Waals surface area (Å²) in [4.78, 5) is 24.5. The quantitative estimate of drug-likeness (QED) is 0.751. The molecule has 120 valence electrons. The van der Waals surface area contributed by atoms with Gasteiger partial charge in [-0.2, -0.15) is 0 Å². The van der Waals surface area contributed by atoms with Gasteiger partial charge in [-0.25, -0.2) is 4.79 Å². The molecule has 0 bridgehead atoms. The van der Waals surface area contributed by atoms with Gasteiger partial charge in [-0.1, -0.05) is 36.7 Å². The van der Waals surface area contributed by atoms with E-state index in [9.17, 15) is 9.59 Å². The molecule has 0 saturated heterocycles. The molecule has 0 heterocycles. The summed E-state index contributed by atoms with van der Waals surface area (Å²) in [5, 5.41) is 11.8. The maximum atomic E-state index is 12.4. The number of benzene rings is 2. The summed E-state index contributed by atoms with van der Waals surface area (Å²) < 4.78 is 0. The molecule has 0 saturated carbocycles. The van der Waals surface area contributed by atoms with Gasteiger partial charge in [0.25, 0.3) is 0 Å². The molecule has 1 unspecified atom stereocenters. The average molecular weight is 350 g/mol. The van der Waals surface area contributed by atoms with Crippen molar-refractivity contribution in [3.63, 3.8) is 0 Å². The van der Waals surface area contributed by atoms with Gasteiger partial charge in [0.1, 0.15) is 0 Å². The van der Waals surface area contributed by atoms with Crippen molar-refractivity contribution in [3.05, 3.63) is 59.1 Å².